The molecule has 0 aromatic heterocycles. The molecule has 2 unspecified atom stereocenters. The van der Waals surface area contributed by atoms with Crippen molar-refractivity contribution in [2.45, 2.75) is 51.7 Å². The van der Waals surface area contributed by atoms with Crippen LogP contribution >= 0.6 is 0 Å². The maximum atomic E-state index is 10.4. The van der Waals surface area contributed by atoms with Gasteiger partial charge in [0, 0.05) is 11.6 Å². The number of nitrogens with zero attached hydrogens (tertiary/aromatic N) is 2. The average Bonchev–Trinajstić information content (AvgIpc) is 2.89. The van der Waals surface area contributed by atoms with Crippen molar-refractivity contribution >= 4 is 0 Å². The van der Waals surface area contributed by atoms with E-state index >= 15 is 0 Å². The molecular weight excluding hydrogens is 444 g/mol. The molecule has 1 aliphatic heterocycles. The van der Waals surface area contributed by atoms with E-state index in [-0.39, 0.29) is 12.0 Å². The number of benzene rings is 2. The first-order valence-electron chi connectivity index (χ1n) is 12.1. The fourth-order valence-electron chi connectivity index (χ4n) is 4.78. The van der Waals surface area contributed by atoms with Crippen LogP contribution in [0, 0.1) is 17.2 Å². The molecule has 35 heavy (non-hydrogen) atoms. The topological polar surface area (TPSA) is 73.2 Å². The molecule has 7 nitrogen and oxygen atoms in total. The molecule has 1 heterocycles. The number of hydrogen-bond donors (Lipinski definition) is 0. The zero-order valence-electron chi connectivity index (χ0n) is 22.0. The van der Waals surface area contributed by atoms with Crippen LogP contribution in [0.3, 0.4) is 0 Å². The van der Waals surface area contributed by atoms with Crippen molar-refractivity contribution < 1.29 is 23.7 Å². The van der Waals surface area contributed by atoms with Crippen LogP contribution < -0.4 is 18.9 Å². The summed E-state index contributed by atoms with van der Waals surface area (Å²) < 4.78 is 27.6. The quantitative estimate of drug-likeness (QED) is 0.420. The minimum absolute atomic E-state index is 0.0960. The molecule has 0 spiro atoms. The highest BCUT2D eigenvalue weighted by Crippen LogP contribution is 2.45. The molecule has 7 heteroatoms. The predicted octanol–water partition coefficient (Wildman–Crippen LogP) is 5.47. The van der Waals surface area contributed by atoms with E-state index in [0.717, 1.165) is 29.8 Å². The Morgan fingerprint density at radius 1 is 1.06 bits per heavy atom. The van der Waals surface area contributed by atoms with Gasteiger partial charge >= 0.3 is 0 Å². The zero-order valence-corrected chi connectivity index (χ0v) is 22.0. The van der Waals surface area contributed by atoms with Crippen LogP contribution in [0.2, 0.25) is 0 Å². The summed E-state index contributed by atoms with van der Waals surface area (Å²) in [4.78, 5) is 2.32. The largest absolute Gasteiger partial charge is 0.493 e. The molecule has 3 rings (SSSR count). The zero-order chi connectivity index (χ0) is 25.6. The molecule has 0 radical (unpaired) electrons. The van der Waals surface area contributed by atoms with E-state index in [1.165, 1.54) is 5.56 Å². The average molecular weight is 483 g/mol. The summed E-state index contributed by atoms with van der Waals surface area (Å²) in [6, 6.07) is 13.0. The Balaban J connectivity index is 1.77. The highest BCUT2D eigenvalue weighted by atomic mass is 16.7. The first kappa shape index (κ1) is 26.7. The smallest absolute Gasteiger partial charge is 0.203 e. The van der Waals surface area contributed by atoms with Crippen molar-refractivity contribution in [2.75, 3.05) is 41.7 Å². The number of nitriles is 1. The van der Waals surface area contributed by atoms with Crippen molar-refractivity contribution in [3.05, 3.63) is 47.0 Å². The lowest BCUT2D eigenvalue weighted by atomic mass is 9.69. The van der Waals surface area contributed by atoms with Gasteiger partial charge in [0.25, 0.3) is 0 Å². The van der Waals surface area contributed by atoms with Gasteiger partial charge in [0.1, 0.15) is 5.75 Å². The Morgan fingerprint density at radius 2 is 1.74 bits per heavy atom. The van der Waals surface area contributed by atoms with E-state index in [1.807, 2.05) is 18.2 Å². The molecule has 1 aliphatic rings. The monoisotopic (exact) mass is 482 g/mol. The van der Waals surface area contributed by atoms with E-state index in [4.69, 9.17) is 23.7 Å². The van der Waals surface area contributed by atoms with Gasteiger partial charge in [-0.15, -0.1) is 0 Å². The summed E-state index contributed by atoms with van der Waals surface area (Å²) in [5.74, 6) is 2.65. The number of rotatable bonds is 11. The van der Waals surface area contributed by atoms with Gasteiger partial charge < -0.3 is 23.7 Å². The third-order valence-electron chi connectivity index (χ3n) is 7.23. The highest BCUT2D eigenvalue weighted by Gasteiger charge is 2.37. The Kier molecular flexibility index (Phi) is 8.87. The van der Waals surface area contributed by atoms with Gasteiger partial charge in [-0.2, -0.15) is 5.26 Å². The van der Waals surface area contributed by atoms with Crippen LogP contribution in [-0.4, -0.2) is 46.6 Å². The number of ether oxygens (including phenoxy) is 5. The molecule has 0 N–H and O–H groups in total. The van der Waals surface area contributed by atoms with Crippen LogP contribution in [0.15, 0.2) is 30.3 Å². The number of hydrogen-bond acceptors (Lipinski definition) is 7. The Bertz CT molecular complexity index is 1020. The lowest BCUT2D eigenvalue weighted by molar-refractivity contribution is -0.0164. The number of methoxy groups -OCH3 is 3. The van der Waals surface area contributed by atoms with Crippen molar-refractivity contribution in [1.82, 2.24) is 4.90 Å². The van der Waals surface area contributed by atoms with Gasteiger partial charge in [-0.05, 0) is 74.7 Å². The highest BCUT2D eigenvalue weighted by molar-refractivity contribution is 5.56. The van der Waals surface area contributed by atoms with Crippen LogP contribution in [-0.2, 0) is 16.8 Å². The van der Waals surface area contributed by atoms with E-state index in [9.17, 15) is 5.26 Å². The molecule has 2 aromatic carbocycles. The SMILES string of the molecule is COc1cc(C(C#N)(CCCN(C)C(C)c2ccc3c(c2)COCO3)C(C)C)cc(OC)c1OC. The normalized spacial score (nSPS) is 15.5. The van der Waals surface area contributed by atoms with E-state index in [2.05, 4.69) is 50.9 Å². The Morgan fingerprint density at radius 3 is 2.31 bits per heavy atom. The van der Waals surface area contributed by atoms with Crippen LogP contribution in [0.4, 0.5) is 0 Å². The Hall–Kier alpha value is -2.95. The Labute approximate surface area is 209 Å². The van der Waals surface area contributed by atoms with E-state index in [0.29, 0.717) is 37.1 Å². The fourth-order valence-corrected chi connectivity index (χ4v) is 4.78. The summed E-state index contributed by atoms with van der Waals surface area (Å²) in [6.07, 6.45) is 1.57. The third-order valence-corrected chi connectivity index (χ3v) is 7.23. The van der Waals surface area contributed by atoms with Crippen LogP contribution in [0.5, 0.6) is 23.0 Å². The molecule has 0 bridgehead atoms. The van der Waals surface area contributed by atoms with Gasteiger partial charge in [-0.1, -0.05) is 19.9 Å². The lowest BCUT2D eigenvalue weighted by Crippen LogP contribution is -2.33. The van der Waals surface area contributed by atoms with Crippen molar-refractivity contribution in [3.63, 3.8) is 0 Å². The minimum atomic E-state index is -0.683. The maximum Gasteiger partial charge on any atom is 0.203 e. The van der Waals surface area contributed by atoms with Gasteiger partial charge in [0.15, 0.2) is 18.3 Å². The van der Waals surface area contributed by atoms with E-state index < -0.39 is 5.41 Å². The summed E-state index contributed by atoms with van der Waals surface area (Å²) in [5.41, 5.74) is 2.51. The van der Waals surface area contributed by atoms with Gasteiger partial charge in [-0.3, -0.25) is 4.90 Å². The molecule has 2 aromatic rings. The second-order valence-electron chi connectivity index (χ2n) is 9.39. The summed E-state index contributed by atoms with van der Waals surface area (Å²) >= 11 is 0. The molecule has 0 amide bonds. The minimum Gasteiger partial charge on any atom is -0.493 e. The van der Waals surface area contributed by atoms with Crippen molar-refractivity contribution in [1.29, 1.82) is 5.26 Å². The van der Waals surface area contributed by atoms with Crippen molar-refractivity contribution in [3.8, 4) is 29.1 Å². The van der Waals surface area contributed by atoms with Crippen LogP contribution in [0.25, 0.3) is 0 Å². The van der Waals surface area contributed by atoms with Crippen LogP contribution in [0.1, 0.15) is 56.3 Å². The summed E-state index contributed by atoms with van der Waals surface area (Å²) in [7, 11) is 6.90. The summed E-state index contributed by atoms with van der Waals surface area (Å²) in [6.45, 7) is 8.13. The first-order chi connectivity index (χ1) is 16.8. The maximum absolute atomic E-state index is 10.4. The van der Waals surface area contributed by atoms with E-state index in [1.54, 1.807) is 21.3 Å². The first-order valence-corrected chi connectivity index (χ1v) is 12.1. The second-order valence-corrected chi connectivity index (χ2v) is 9.39. The fraction of sp³-hybridized carbons (Fsp3) is 0.536. The summed E-state index contributed by atoms with van der Waals surface area (Å²) in [5, 5.41) is 10.4. The standard InChI is InChI=1S/C28H38N2O5/c1-19(2)28(17-29,23-14-25(31-5)27(33-7)26(15-23)32-6)11-8-12-30(4)20(3)21-9-10-24-22(13-21)16-34-18-35-24/h9-10,13-15,19-20H,8,11-12,16,18H2,1-7H3. The predicted molar refractivity (Wildman–Crippen MR) is 135 cm³/mol. The third kappa shape index (κ3) is 5.50. The number of fused-ring (bicyclic) bond motifs is 1. The molecule has 0 saturated carbocycles. The molecule has 2 atom stereocenters. The van der Waals surface area contributed by atoms with Gasteiger partial charge in [-0.25, -0.2) is 0 Å². The molecular formula is C28H38N2O5. The second kappa shape index (κ2) is 11.7. The molecule has 0 aliphatic carbocycles. The van der Waals surface area contributed by atoms with Gasteiger partial charge in [0.2, 0.25) is 5.75 Å². The molecule has 0 fully saturated rings. The molecule has 0 saturated heterocycles. The molecule has 190 valence electrons. The lowest BCUT2D eigenvalue weighted by Gasteiger charge is -2.33. The van der Waals surface area contributed by atoms with Crippen molar-refractivity contribution in [2.24, 2.45) is 5.92 Å². The van der Waals surface area contributed by atoms with Gasteiger partial charge in [0.05, 0.1) is 39.4 Å².